The van der Waals surface area contributed by atoms with Crippen molar-refractivity contribution in [3.8, 4) is 11.3 Å². The van der Waals surface area contributed by atoms with Crippen LogP contribution in [0.1, 0.15) is 15.9 Å². The van der Waals surface area contributed by atoms with Gasteiger partial charge in [0.1, 0.15) is 0 Å². The molecule has 1 amide bonds. The molecule has 0 atom stereocenters. The van der Waals surface area contributed by atoms with Crippen LogP contribution in [0, 0.1) is 0 Å². The number of para-hydroxylation sites is 1. The maximum Gasteiger partial charge on any atom is 0.256 e. The second-order valence-corrected chi connectivity index (χ2v) is 6.18. The van der Waals surface area contributed by atoms with Gasteiger partial charge in [0, 0.05) is 30.7 Å². The van der Waals surface area contributed by atoms with Crippen molar-refractivity contribution in [2.75, 3.05) is 7.05 Å². The van der Waals surface area contributed by atoms with Gasteiger partial charge in [0.15, 0.2) is 0 Å². The van der Waals surface area contributed by atoms with Gasteiger partial charge < -0.3 is 4.90 Å². The molecule has 0 saturated heterocycles. The van der Waals surface area contributed by atoms with Crippen LogP contribution in [0.3, 0.4) is 0 Å². The van der Waals surface area contributed by atoms with Crippen LogP contribution in [-0.2, 0) is 6.54 Å². The lowest BCUT2D eigenvalue weighted by atomic mass is 10.1. The van der Waals surface area contributed by atoms with Crippen molar-refractivity contribution in [3.63, 3.8) is 0 Å². The first-order valence-corrected chi connectivity index (χ1v) is 8.41. The number of hydrogen-bond donors (Lipinski definition) is 1. The van der Waals surface area contributed by atoms with Gasteiger partial charge in [-0.1, -0.05) is 48.5 Å². The van der Waals surface area contributed by atoms with E-state index in [4.69, 9.17) is 0 Å². The second kappa shape index (κ2) is 6.80. The lowest BCUT2D eigenvalue weighted by molar-refractivity contribution is 0.0787. The summed E-state index contributed by atoms with van der Waals surface area (Å²) in [5, 5.41) is 8.15. The first kappa shape index (κ1) is 16.0. The summed E-state index contributed by atoms with van der Waals surface area (Å²) in [7, 11) is 1.80. The Bertz CT molecular complexity index is 1050. The van der Waals surface area contributed by atoms with Gasteiger partial charge in [-0.05, 0) is 17.7 Å². The van der Waals surface area contributed by atoms with E-state index in [2.05, 4.69) is 15.2 Å². The number of nitrogens with one attached hydrogen (secondary N) is 1. The molecular formula is C21H18N4O. The zero-order valence-electron chi connectivity index (χ0n) is 14.4. The van der Waals surface area contributed by atoms with Crippen LogP contribution in [0.15, 0.2) is 73.1 Å². The molecule has 0 bridgehead atoms. The molecule has 0 fully saturated rings. The number of rotatable bonds is 4. The topological polar surface area (TPSA) is 61.9 Å². The number of amides is 1. The zero-order chi connectivity index (χ0) is 17.9. The number of H-pyrrole nitrogens is 1. The average Bonchev–Trinajstić information content (AvgIpc) is 3.15. The van der Waals surface area contributed by atoms with Crippen LogP contribution in [0.4, 0.5) is 0 Å². The molecular weight excluding hydrogens is 324 g/mol. The Morgan fingerprint density at radius 2 is 1.85 bits per heavy atom. The maximum atomic E-state index is 13.0. The van der Waals surface area contributed by atoms with E-state index in [-0.39, 0.29) is 5.91 Å². The molecule has 2 aromatic heterocycles. The van der Waals surface area contributed by atoms with E-state index in [0.29, 0.717) is 12.1 Å². The molecule has 0 unspecified atom stereocenters. The molecule has 0 radical (unpaired) electrons. The molecule has 0 aliphatic carbocycles. The molecule has 4 rings (SSSR count). The Hall–Kier alpha value is -3.47. The van der Waals surface area contributed by atoms with Crippen LogP contribution < -0.4 is 0 Å². The van der Waals surface area contributed by atoms with Gasteiger partial charge in [-0.2, -0.15) is 5.10 Å². The van der Waals surface area contributed by atoms with E-state index in [9.17, 15) is 4.79 Å². The van der Waals surface area contributed by atoms with Crippen LogP contribution >= 0.6 is 0 Å². The van der Waals surface area contributed by atoms with Crippen LogP contribution in [0.25, 0.3) is 22.2 Å². The van der Waals surface area contributed by atoms with Gasteiger partial charge in [0.25, 0.3) is 5.91 Å². The van der Waals surface area contributed by atoms with E-state index >= 15 is 0 Å². The van der Waals surface area contributed by atoms with Crippen molar-refractivity contribution in [2.45, 2.75) is 6.54 Å². The number of carbonyl (C=O) groups excluding carboxylic acids is 1. The highest BCUT2D eigenvalue weighted by Crippen LogP contribution is 2.23. The molecule has 2 heterocycles. The molecule has 5 nitrogen and oxygen atoms in total. The normalized spacial score (nSPS) is 10.8. The number of carbonyl (C=O) groups is 1. The third kappa shape index (κ3) is 2.95. The molecule has 4 aromatic rings. The minimum absolute atomic E-state index is 0.0606. The molecule has 0 aliphatic rings. The number of pyridine rings is 1. The highest BCUT2D eigenvalue weighted by Gasteiger charge is 2.18. The monoisotopic (exact) mass is 342 g/mol. The molecule has 1 N–H and O–H groups in total. The maximum absolute atomic E-state index is 13.0. The van der Waals surface area contributed by atoms with Crippen LogP contribution in [-0.4, -0.2) is 33.0 Å². The number of benzene rings is 2. The largest absolute Gasteiger partial charge is 0.337 e. The molecule has 5 heteroatoms. The summed E-state index contributed by atoms with van der Waals surface area (Å²) in [6.45, 7) is 0.461. The lowest BCUT2D eigenvalue weighted by Gasteiger charge is -2.18. The van der Waals surface area contributed by atoms with Gasteiger partial charge in [-0.3, -0.25) is 14.9 Å². The third-order valence-electron chi connectivity index (χ3n) is 4.40. The standard InChI is InChI=1S/C21H18N4O/c1-25(14-17-13-23-24-19(17)15-7-3-2-4-8-15)21(26)18-11-5-9-16-10-6-12-22-20(16)18/h2-13H,14H2,1H3,(H,23,24). The van der Waals surface area contributed by atoms with Gasteiger partial charge >= 0.3 is 0 Å². The first-order valence-electron chi connectivity index (χ1n) is 8.41. The number of aromatic nitrogens is 3. The quantitative estimate of drug-likeness (QED) is 0.612. The third-order valence-corrected chi connectivity index (χ3v) is 4.40. The molecule has 128 valence electrons. The van der Waals surface area contributed by atoms with E-state index in [1.54, 1.807) is 24.3 Å². The summed E-state index contributed by atoms with van der Waals surface area (Å²) in [6, 6.07) is 19.5. The smallest absolute Gasteiger partial charge is 0.256 e. The predicted molar refractivity (Wildman–Crippen MR) is 102 cm³/mol. The lowest BCUT2D eigenvalue weighted by Crippen LogP contribution is -2.26. The fourth-order valence-electron chi connectivity index (χ4n) is 3.10. The summed E-state index contributed by atoms with van der Waals surface area (Å²) < 4.78 is 0. The molecule has 26 heavy (non-hydrogen) atoms. The Kier molecular flexibility index (Phi) is 4.19. The highest BCUT2D eigenvalue weighted by molar-refractivity contribution is 6.05. The molecule has 0 aliphatic heterocycles. The number of aromatic amines is 1. The van der Waals surface area contributed by atoms with Crippen LogP contribution in [0.2, 0.25) is 0 Å². The fourth-order valence-corrected chi connectivity index (χ4v) is 3.10. The molecule has 0 spiro atoms. The predicted octanol–water partition coefficient (Wildman–Crippen LogP) is 3.90. The Balaban J connectivity index is 1.62. The summed E-state index contributed by atoms with van der Waals surface area (Å²) in [5.74, 6) is -0.0606. The average molecular weight is 342 g/mol. The van der Waals surface area contributed by atoms with Crippen molar-refractivity contribution in [1.82, 2.24) is 20.1 Å². The van der Waals surface area contributed by atoms with E-state index in [1.165, 1.54) is 0 Å². The van der Waals surface area contributed by atoms with E-state index < -0.39 is 0 Å². The SMILES string of the molecule is CN(Cc1cn[nH]c1-c1ccccc1)C(=O)c1cccc2cccnc12. The van der Waals surface area contributed by atoms with Crippen molar-refractivity contribution >= 4 is 16.8 Å². The van der Waals surface area contributed by atoms with Crippen molar-refractivity contribution in [3.05, 3.63) is 84.2 Å². The molecule has 2 aromatic carbocycles. The number of nitrogens with zero attached hydrogens (tertiary/aromatic N) is 3. The minimum atomic E-state index is -0.0606. The number of hydrogen-bond acceptors (Lipinski definition) is 3. The molecule has 0 saturated carbocycles. The Morgan fingerprint density at radius 1 is 1.04 bits per heavy atom. The van der Waals surface area contributed by atoms with Crippen molar-refractivity contribution in [2.24, 2.45) is 0 Å². The van der Waals surface area contributed by atoms with E-state index in [1.807, 2.05) is 60.7 Å². The highest BCUT2D eigenvalue weighted by atomic mass is 16.2. The van der Waals surface area contributed by atoms with Gasteiger partial charge in [-0.15, -0.1) is 0 Å². The first-order chi connectivity index (χ1) is 12.7. The van der Waals surface area contributed by atoms with Crippen LogP contribution in [0.5, 0.6) is 0 Å². The Labute approximate surface area is 151 Å². The summed E-state index contributed by atoms with van der Waals surface area (Å²) in [6.07, 6.45) is 3.48. The summed E-state index contributed by atoms with van der Waals surface area (Å²) >= 11 is 0. The Morgan fingerprint density at radius 3 is 2.69 bits per heavy atom. The fraction of sp³-hybridized carbons (Fsp3) is 0.0952. The zero-order valence-corrected chi connectivity index (χ0v) is 14.4. The summed E-state index contributed by atoms with van der Waals surface area (Å²) in [5.41, 5.74) is 4.28. The minimum Gasteiger partial charge on any atom is -0.337 e. The van der Waals surface area contributed by atoms with Gasteiger partial charge in [0.2, 0.25) is 0 Å². The van der Waals surface area contributed by atoms with Gasteiger partial charge in [0.05, 0.1) is 23.0 Å². The summed E-state index contributed by atoms with van der Waals surface area (Å²) in [4.78, 5) is 19.1. The number of fused-ring (bicyclic) bond motifs is 1. The van der Waals surface area contributed by atoms with Crippen molar-refractivity contribution < 1.29 is 4.79 Å². The van der Waals surface area contributed by atoms with Crippen molar-refractivity contribution in [1.29, 1.82) is 0 Å². The van der Waals surface area contributed by atoms with Gasteiger partial charge in [-0.25, -0.2) is 0 Å². The second-order valence-electron chi connectivity index (χ2n) is 6.18. The van der Waals surface area contributed by atoms with E-state index in [0.717, 1.165) is 27.7 Å².